The van der Waals surface area contributed by atoms with Gasteiger partial charge in [-0.05, 0) is 26.0 Å². The predicted molar refractivity (Wildman–Crippen MR) is 90.1 cm³/mol. The Labute approximate surface area is 149 Å². The third kappa shape index (κ3) is 3.11. The number of hydrogen-bond donors (Lipinski definition) is 0. The number of anilines is 1. The molecule has 2 aromatic rings. The molecule has 0 amide bonds. The van der Waals surface area contributed by atoms with E-state index in [4.69, 9.17) is 0 Å². The van der Waals surface area contributed by atoms with Crippen LogP contribution in [0.4, 0.5) is 19.0 Å². The molecule has 0 aromatic carbocycles. The highest BCUT2D eigenvalue weighted by atomic mass is 19.4. The van der Waals surface area contributed by atoms with Crippen LogP contribution in [0.15, 0.2) is 12.1 Å². The van der Waals surface area contributed by atoms with Crippen molar-refractivity contribution in [1.82, 2.24) is 29.6 Å². The van der Waals surface area contributed by atoms with Crippen LogP contribution < -0.4 is 4.90 Å². The van der Waals surface area contributed by atoms with Crippen molar-refractivity contribution in [3.05, 3.63) is 18.0 Å². The van der Waals surface area contributed by atoms with E-state index < -0.39 is 12.0 Å². The van der Waals surface area contributed by atoms with Gasteiger partial charge in [-0.25, -0.2) is 0 Å². The van der Waals surface area contributed by atoms with Gasteiger partial charge in [0, 0.05) is 51.4 Å². The van der Waals surface area contributed by atoms with Gasteiger partial charge in [-0.2, -0.15) is 17.7 Å². The molecule has 142 valence electrons. The molecule has 0 spiro atoms. The van der Waals surface area contributed by atoms with Crippen molar-refractivity contribution in [1.29, 1.82) is 0 Å². The van der Waals surface area contributed by atoms with Crippen LogP contribution in [0.2, 0.25) is 0 Å². The first kappa shape index (κ1) is 17.5. The zero-order chi connectivity index (χ0) is 18.5. The minimum absolute atomic E-state index is 0.1000. The van der Waals surface area contributed by atoms with Crippen LogP contribution >= 0.6 is 0 Å². The van der Waals surface area contributed by atoms with Gasteiger partial charge in [0.05, 0.1) is 0 Å². The Bertz CT molecular complexity index is 774. The summed E-state index contributed by atoms with van der Waals surface area (Å²) in [5.74, 6) is -0.559. The number of nitrogens with zero attached hydrogens (tertiary/aromatic N) is 7. The van der Waals surface area contributed by atoms with Gasteiger partial charge in [0.25, 0.3) is 5.82 Å². The molecule has 26 heavy (non-hydrogen) atoms. The number of alkyl halides is 3. The monoisotopic (exact) mass is 369 g/mol. The van der Waals surface area contributed by atoms with Crippen molar-refractivity contribution in [3.63, 3.8) is 0 Å². The maximum atomic E-state index is 13.0. The average molecular weight is 369 g/mol. The molecule has 0 bridgehead atoms. The maximum Gasteiger partial charge on any atom is 0.453 e. The van der Waals surface area contributed by atoms with Crippen molar-refractivity contribution in [3.8, 4) is 0 Å². The summed E-state index contributed by atoms with van der Waals surface area (Å²) in [6.07, 6.45) is -4.57. The molecule has 0 aliphatic carbocycles. The quantitative estimate of drug-likeness (QED) is 0.814. The van der Waals surface area contributed by atoms with Gasteiger partial charge >= 0.3 is 6.18 Å². The van der Waals surface area contributed by atoms with Crippen molar-refractivity contribution in [2.24, 2.45) is 0 Å². The van der Waals surface area contributed by atoms with Crippen LogP contribution in [-0.2, 0) is 6.18 Å². The van der Waals surface area contributed by atoms with Gasteiger partial charge < -0.3 is 4.90 Å². The Morgan fingerprint density at radius 1 is 1.04 bits per heavy atom. The Morgan fingerprint density at radius 2 is 1.73 bits per heavy atom. The van der Waals surface area contributed by atoms with Gasteiger partial charge in [-0.15, -0.1) is 15.3 Å². The van der Waals surface area contributed by atoms with Gasteiger partial charge in [0.15, 0.2) is 5.65 Å². The van der Waals surface area contributed by atoms with Crippen LogP contribution in [-0.4, -0.2) is 81.0 Å². The second-order valence-electron chi connectivity index (χ2n) is 7.21. The van der Waals surface area contributed by atoms with Crippen LogP contribution in [0.25, 0.3) is 5.65 Å². The molecule has 0 unspecified atom stereocenters. The molecule has 2 aromatic heterocycles. The molecule has 4 rings (SSSR count). The first-order valence-corrected chi connectivity index (χ1v) is 8.85. The highest BCUT2D eigenvalue weighted by Gasteiger charge is 2.39. The van der Waals surface area contributed by atoms with E-state index in [1.54, 1.807) is 6.07 Å². The Balaban J connectivity index is 1.41. The number of fused-ring (bicyclic) bond motifs is 1. The molecule has 10 heteroatoms. The van der Waals surface area contributed by atoms with Gasteiger partial charge in [-0.1, -0.05) is 0 Å². The standard InChI is InChI=1S/C16H22F3N7/c1-11(2)23-5-7-24(8-6-23)12-9-25(10-12)14-4-3-13-20-21-15(16(17,18)19)26(13)22-14/h3-4,11-12H,5-10H2,1-2H3. The van der Waals surface area contributed by atoms with Crippen molar-refractivity contribution in [2.45, 2.75) is 32.1 Å². The van der Waals surface area contributed by atoms with E-state index in [2.05, 4.69) is 38.9 Å². The molecule has 0 N–H and O–H groups in total. The normalized spacial score (nSPS) is 20.9. The minimum Gasteiger partial charge on any atom is -0.352 e. The summed E-state index contributed by atoms with van der Waals surface area (Å²) >= 11 is 0. The van der Waals surface area contributed by atoms with Crippen molar-refractivity contribution >= 4 is 11.5 Å². The van der Waals surface area contributed by atoms with Gasteiger partial charge in [0.1, 0.15) is 5.82 Å². The topological polar surface area (TPSA) is 52.8 Å². The van der Waals surface area contributed by atoms with Gasteiger partial charge in [-0.3, -0.25) is 9.80 Å². The second-order valence-corrected chi connectivity index (χ2v) is 7.21. The fraction of sp³-hybridized carbons (Fsp3) is 0.688. The molecule has 0 radical (unpaired) electrons. The summed E-state index contributed by atoms with van der Waals surface area (Å²) in [5.41, 5.74) is 0.1000. The lowest BCUT2D eigenvalue weighted by Crippen LogP contribution is -2.63. The summed E-state index contributed by atoms with van der Waals surface area (Å²) in [4.78, 5) is 6.93. The molecular formula is C16H22F3N7. The fourth-order valence-electron chi connectivity index (χ4n) is 3.62. The second kappa shape index (κ2) is 6.34. The number of piperazine rings is 1. The Hall–Kier alpha value is -1.94. The van der Waals surface area contributed by atoms with E-state index in [0.717, 1.165) is 43.8 Å². The van der Waals surface area contributed by atoms with Crippen LogP contribution in [0.1, 0.15) is 19.7 Å². The summed E-state index contributed by atoms with van der Waals surface area (Å²) < 4.78 is 39.7. The molecule has 2 saturated heterocycles. The zero-order valence-electron chi connectivity index (χ0n) is 14.8. The number of rotatable bonds is 3. The summed E-state index contributed by atoms with van der Waals surface area (Å²) in [5, 5.41) is 10.9. The Morgan fingerprint density at radius 3 is 2.35 bits per heavy atom. The zero-order valence-corrected chi connectivity index (χ0v) is 14.8. The average Bonchev–Trinajstić information content (AvgIpc) is 2.97. The van der Waals surface area contributed by atoms with Crippen molar-refractivity contribution < 1.29 is 13.2 Å². The first-order valence-electron chi connectivity index (χ1n) is 8.85. The molecule has 7 nitrogen and oxygen atoms in total. The van der Waals surface area contributed by atoms with E-state index in [1.165, 1.54) is 6.07 Å². The first-order chi connectivity index (χ1) is 12.3. The lowest BCUT2D eigenvalue weighted by atomic mass is 10.1. The van der Waals surface area contributed by atoms with E-state index in [9.17, 15) is 13.2 Å². The fourth-order valence-corrected chi connectivity index (χ4v) is 3.62. The maximum absolute atomic E-state index is 13.0. The number of aromatic nitrogens is 4. The smallest absolute Gasteiger partial charge is 0.352 e. The molecule has 0 atom stereocenters. The van der Waals surface area contributed by atoms with Gasteiger partial charge in [0.2, 0.25) is 0 Å². The van der Waals surface area contributed by atoms with E-state index >= 15 is 0 Å². The lowest BCUT2D eigenvalue weighted by molar-refractivity contribution is -0.146. The van der Waals surface area contributed by atoms with E-state index in [-0.39, 0.29) is 5.65 Å². The molecule has 4 heterocycles. The van der Waals surface area contributed by atoms with Crippen LogP contribution in [0.5, 0.6) is 0 Å². The Kier molecular flexibility index (Phi) is 4.26. The lowest BCUT2D eigenvalue weighted by Gasteiger charge is -2.49. The summed E-state index contributed by atoms with van der Waals surface area (Å²) in [6, 6.07) is 4.23. The van der Waals surface area contributed by atoms with Crippen molar-refractivity contribution in [2.75, 3.05) is 44.2 Å². The molecular weight excluding hydrogens is 347 g/mol. The van der Waals surface area contributed by atoms with E-state index in [0.29, 0.717) is 17.9 Å². The third-order valence-corrected chi connectivity index (χ3v) is 5.28. The highest BCUT2D eigenvalue weighted by Crippen LogP contribution is 2.29. The summed E-state index contributed by atoms with van der Waals surface area (Å²) in [7, 11) is 0. The molecule has 2 fully saturated rings. The largest absolute Gasteiger partial charge is 0.453 e. The SMILES string of the molecule is CC(C)N1CCN(C2CN(c3ccc4nnc(C(F)(F)F)n4n3)C2)CC1. The van der Waals surface area contributed by atoms with E-state index in [1.807, 2.05) is 4.90 Å². The number of halogens is 3. The molecule has 2 aliphatic rings. The highest BCUT2D eigenvalue weighted by molar-refractivity contribution is 5.48. The molecule has 2 aliphatic heterocycles. The van der Waals surface area contributed by atoms with Crippen LogP contribution in [0, 0.1) is 0 Å². The van der Waals surface area contributed by atoms with Crippen LogP contribution in [0.3, 0.4) is 0 Å². The molecule has 0 saturated carbocycles. The minimum atomic E-state index is -4.57. The summed E-state index contributed by atoms with van der Waals surface area (Å²) in [6.45, 7) is 10.2. The third-order valence-electron chi connectivity index (χ3n) is 5.28. The number of hydrogen-bond acceptors (Lipinski definition) is 6. The predicted octanol–water partition coefficient (Wildman–Crippen LogP) is 1.36.